The molecule has 0 fully saturated rings. The highest BCUT2D eigenvalue weighted by atomic mass is 16.5. The summed E-state index contributed by atoms with van der Waals surface area (Å²) in [6, 6.07) is 17.4. The maximum Gasteiger partial charge on any atom is 0.337 e. The number of carbonyl (C=O) groups excluding carboxylic acids is 1. The van der Waals surface area contributed by atoms with E-state index in [1.165, 1.54) is 7.11 Å². The molecular weight excluding hydrogens is 250 g/mol. The highest BCUT2D eigenvalue weighted by Crippen LogP contribution is 2.23. The number of fused-ring (bicyclic) bond motifs is 1. The number of hydrogen-bond donors (Lipinski definition) is 0. The number of pyridine rings is 1. The Hall–Kier alpha value is -2.68. The summed E-state index contributed by atoms with van der Waals surface area (Å²) in [4.78, 5) is 16.0. The molecule has 0 unspecified atom stereocenters. The molecule has 0 aliphatic rings. The number of rotatable bonds is 2. The van der Waals surface area contributed by atoms with E-state index < -0.39 is 0 Å². The average molecular weight is 263 g/mol. The van der Waals surface area contributed by atoms with Crippen molar-refractivity contribution < 1.29 is 9.53 Å². The summed E-state index contributed by atoms with van der Waals surface area (Å²) < 4.78 is 4.74. The number of ether oxygens (including phenoxy) is 1. The molecule has 3 heteroatoms. The van der Waals surface area contributed by atoms with Gasteiger partial charge in [-0.05, 0) is 29.8 Å². The van der Waals surface area contributed by atoms with E-state index in [0.29, 0.717) is 5.56 Å². The zero-order valence-corrected chi connectivity index (χ0v) is 11.0. The zero-order valence-electron chi connectivity index (χ0n) is 11.0. The Morgan fingerprint density at radius 3 is 2.70 bits per heavy atom. The molecule has 0 aliphatic carbocycles. The molecule has 3 rings (SSSR count). The Morgan fingerprint density at radius 1 is 1.00 bits per heavy atom. The first-order valence-electron chi connectivity index (χ1n) is 6.31. The van der Waals surface area contributed by atoms with E-state index in [1.54, 1.807) is 6.07 Å². The molecule has 3 nitrogen and oxygen atoms in total. The fraction of sp³-hybridized carbons (Fsp3) is 0.0588. The van der Waals surface area contributed by atoms with Gasteiger partial charge in [-0.2, -0.15) is 0 Å². The Labute approximate surface area is 116 Å². The minimum absolute atomic E-state index is 0.333. The number of esters is 1. The van der Waals surface area contributed by atoms with Gasteiger partial charge in [0.25, 0.3) is 0 Å². The average Bonchev–Trinajstić information content (AvgIpc) is 2.53. The van der Waals surface area contributed by atoms with E-state index in [9.17, 15) is 4.79 Å². The lowest BCUT2D eigenvalue weighted by Crippen LogP contribution is -2.00. The van der Waals surface area contributed by atoms with E-state index in [1.807, 2.05) is 48.7 Å². The molecule has 0 radical (unpaired) electrons. The Kier molecular flexibility index (Phi) is 3.17. The van der Waals surface area contributed by atoms with Crippen molar-refractivity contribution in [1.82, 2.24) is 4.98 Å². The first-order chi connectivity index (χ1) is 9.78. The molecule has 3 aromatic rings. The van der Waals surface area contributed by atoms with E-state index in [2.05, 4.69) is 11.1 Å². The summed E-state index contributed by atoms with van der Waals surface area (Å²) in [6.45, 7) is 0. The lowest BCUT2D eigenvalue weighted by molar-refractivity contribution is 0.0601. The smallest absolute Gasteiger partial charge is 0.337 e. The summed E-state index contributed by atoms with van der Waals surface area (Å²) in [5.74, 6) is -0.333. The third-order valence-electron chi connectivity index (χ3n) is 3.21. The van der Waals surface area contributed by atoms with Gasteiger partial charge in [-0.3, -0.25) is 4.98 Å². The fourth-order valence-corrected chi connectivity index (χ4v) is 2.17. The van der Waals surface area contributed by atoms with Gasteiger partial charge in [-0.25, -0.2) is 4.79 Å². The highest BCUT2D eigenvalue weighted by molar-refractivity contribution is 5.91. The van der Waals surface area contributed by atoms with Crippen molar-refractivity contribution in [3.8, 4) is 11.1 Å². The predicted octanol–water partition coefficient (Wildman–Crippen LogP) is 3.69. The molecule has 0 saturated carbocycles. The van der Waals surface area contributed by atoms with Gasteiger partial charge in [0.05, 0.1) is 18.2 Å². The lowest BCUT2D eigenvalue weighted by Gasteiger charge is -2.05. The highest BCUT2D eigenvalue weighted by Gasteiger charge is 2.07. The largest absolute Gasteiger partial charge is 0.465 e. The van der Waals surface area contributed by atoms with Gasteiger partial charge in [0.2, 0.25) is 0 Å². The van der Waals surface area contributed by atoms with Gasteiger partial charge >= 0.3 is 5.97 Å². The van der Waals surface area contributed by atoms with Crippen LogP contribution >= 0.6 is 0 Å². The van der Waals surface area contributed by atoms with Crippen LogP contribution in [-0.2, 0) is 4.74 Å². The number of hydrogen-bond acceptors (Lipinski definition) is 3. The molecule has 0 aliphatic heterocycles. The van der Waals surface area contributed by atoms with Gasteiger partial charge in [0.15, 0.2) is 0 Å². The predicted molar refractivity (Wildman–Crippen MR) is 78.5 cm³/mol. The van der Waals surface area contributed by atoms with Crippen molar-refractivity contribution in [3.05, 3.63) is 66.4 Å². The Bertz CT molecular complexity index is 781. The molecule has 2 aromatic carbocycles. The summed E-state index contributed by atoms with van der Waals surface area (Å²) in [7, 11) is 1.38. The maximum absolute atomic E-state index is 11.6. The van der Waals surface area contributed by atoms with Crippen molar-refractivity contribution in [2.45, 2.75) is 0 Å². The normalized spacial score (nSPS) is 10.4. The molecule has 0 N–H and O–H groups in total. The van der Waals surface area contributed by atoms with Crippen LogP contribution in [0.3, 0.4) is 0 Å². The molecule has 98 valence electrons. The Balaban J connectivity index is 2.08. The van der Waals surface area contributed by atoms with Crippen LogP contribution in [0, 0.1) is 0 Å². The number of benzene rings is 2. The molecular formula is C17H13NO2. The molecule has 0 spiro atoms. The van der Waals surface area contributed by atoms with Gasteiger partial charge in [0.1, 0.15) is 0 Å². The SMILES string of the molecule is COC(=O)c1cccc(-c2cnc3ccccc3c2)c1. The topological polar surface area (TPSA) is 39.2 Å². The van der Waals surface area contributed by atoms with Crippen molar-refractivity contribution in [2.24, 2.45) is 0 Å². The Morgan fingerprint density at radius 2 is 1.85 bits per heavy atom. The summed E-state index contributed by atoms with van der Waals surface area (Å²) >= 11 is 0. The molecule has 1 aromatic heterocycles. The quantitative estimate of drug-likeness (QED) is 0.662. The van der Waals surface area contributed by atoms with E-state index in [-0.39, 0.29) is 5.97 Å². The number of para-hydroxylation sites is 1. The fourth-order valence-electron chi connectivity index (χ4n) is 2.17. The molecule has 1 heterocycles. The molecule has 0 amide bonds. The third kappa shape index (κ3) is 2.26. The van der Waals surface area contributed by atoms with Crippen LogP contribution in [0.25, 0.3) is 22.0 Å². The second kappa shape index (κ2) is 5.13. The van der Waals surface area contributed by atoms with E-state index in [0.717, 1.165) is 22.0 Å². The van der Waals surface area contributed by atoms with E-state index >= 15 is 0 Å². The minimum Gasteiger partial charge on any atom is -0.465 e. The van der Waals surface area contributed by atoms with Gasteiger partial charge < -0.3 is 4.74 Å². The van der Waals surface area contributed by atoms with Crippen LogP contribution in [0.15, 0.2) is 60.8 Å². The standard InChI is InChI=1S/C17H13NO2/c1-20-17(19)14-7-4-6-12(9-14)15-10-13-5-2-3-8-16(13)18-11-15/h2-11H,1H3. The second-order valence-electron chi connectivity index (χ2n) is 4.49. The van der Waals surface area contributed by atoms with Crippen molar-refractivity contribution in [2.75, 3.05) is 7.11 Å². The first-order valence-corrected chi connectivity index (χ1v) is 6.31. The minimum atomic E-state index is -0.333. The second-order valence-corrected chi connectivity index (χ2v) is 4.49. The number of methoxy groups -OCH3 is 1. The molecule has 0 bridgehead atoms. The maximum atomic E-state index is 11.6. The van der Waals surface area contributed by atoms with Crippen molar-refractivity contribution in [1.29, 1.82) is 0 Å². The molecule has 0 atom stereocenters. The van der Waals surface area contributed by atoms with Crippen LogP contribution in [0.2, 0.25) is 0 Å². The third-order valence-corrected chi connectivity index (χ3v) is 3.21. The number of nitrogens with zero attached hydrogens (tertiary/aromatic N) is 1. The van der Waals surface area contributed by atoms with Gasteiger partial charge in [-0.1, -0.05) is 30.3 Å². The van der Waals surface area contributed by atoms with Crippen molar-refractivity contribution in [3.63, 3.8) is 0 Å². The van der Waals surface area contributed by atoms with Crippen LogP contribution in [0.1, 0.15) is 10.4 Å². The monoisotopic (exact) mass is 263 g/mol. The molecule has 0 saturated heterocycles. The first kappa shape index (κ1) is 12.4. The van der Waals surface area contributed by atoms with Crippen LogP contribution < -0.4 is 0 Å². The van der Waals surface area contributed by atoms with Crippen LogP contribution in [0.4, 0.5) is 0 Å². The summed E-state index contributed by atoms with van der Waals surface area (Å²) in [5, 5.41) is 1.08. The van der Waals surface area contributed by atoms with Crippen molar-refractivity contribution >= 4 is 16.9 Å². The lowest BCUT2D eigenvalue weighted by atomic mass is 10.0. The van der Waals surface area contributed by atoms with Crippen LogP contribution in [0.5, 0.6) is 0 Å². The van der Waals surface area contributed by atoms with E-state index in [4.69, 9.17) is 4.74 Å². The summed E-state index contributed by atoms with van der Waals surface area (Å²) in [5.41, 5.74) is 3.43. The van der Waals surface area contributed by atoms with Gasteiger partial charge in [-0.15, -0.1) is 0 Å². The summed E-state index contributed by atoms with van der Waals surface area (Å²) in [6.07, 6.45) is 1.82. The van der Waals surface area contributed by atoms with Crippen LogP contribution in [-0.4, -0.2) is 18.1 Å². The number of carbonyl (C=O) groups is 1. The van der Waals surface area contributed by atoms with Gasteiger partial charge in [0, 0.05) is 17.1 Å². The zero-order chi connectivity index (χ0) is 13.9. The number of aromatic nitrogens is 1. The molecule has 20 heavy (non-hydrogen) atoms.